The van der Waals surface area contributed by atoms with Crippen LogP contribution in [0, 0.1) is 13.8 Å². The molecule has 0 unspecified atom stereocenters. The van der Waals surface area contributed by atoms with Crippen LogP contribution in [0.2, 0.25) is 0 Å². The molecule has 98 valence electrons. The standard InChI is InChI=1S/C15H15BrN2O/c1-9-7-10(2)14(8-13(9)17)18-15(19)11-3-5-12(16)6-4-11/h3-8H,17H2,1-2H3,(H,18,19). The molecule has 0 saturated heterocycles. The van der Waals surface area contributed by atoms with Gasteiger partial charge in [-0.2, -0.15) is 0 Å². The number of carbonyl (C=O) groups excluding carboxylic acids is 1. The van der Waals surface area contributed by atoms with Crippen molar-refractivity contribution in [1.29, 1.82) is 0 Å². The number of anilines is 2. The minimum Gasteiger partial charge on any atom is -0.398 e. The molecule has 0 heterocycles. The highest BCUT2D eigenvalue weighted by atomic mass is 79.9. The Morgan fingerprint density at radius 1 is 1.11 bits per heavy atom. The van der Waals surface area contributed by atoms with Crippen molar-refractivity contribution in [3.8, 4) is 0 Å². The number of nitrogen functional groups attached to an aromatic ring is 1. The average molecular weight is 319 g/mol. The van der Waals surface area contributed by atoms with Crippen molar-refractivity contribution >= 4 is 33.2 Å². The topological polar surface area (TPSA) is 55.1 Å². The van der Waals surface area contributed by atoms with Gasteiger partial charge in [-0.05, 0) is 55.3 Å². The molecular weight excluding hydrogens is 304 g/mol. The maximum atomic E-state index is 12.1. The summed E-state index contributed by atoms with van der Waals surface area (Å²) in [6, 6.07) is 11.0. The molecule has 0 aliphatic carbocycles. The highest BCUT2D eigenvalue weighted by Gasteiger charge is 2.08. The molecule has 0 radical (unpaired) electrons. The molecular formula is C15H15BrN2O. The Balaban J connectivity index is 2.24. The molecule has 0 saturated carbocycles. The van der Waals surface area contributed by atoms with E-state index in [0.29, 0.717) is 11.3 Å². The Labute approximate surface area is 121 Å². The Kier molecular flexibility index (Phi) is 3.90. The van der Waals surface area contributed by atoms with Gasteiger partial charge in [-0.15, -0.1) is 0 Å². The van der Waals surface area contributed by atoms with E-state index in [-0.39, 0.29) is 5.91 Å². The van der Waals surface area contributed by atoms with Crippen molar-refractivity contribution in [2.75, 3.05) is 11.1 Å². The van der Waals surface area contributed by atoms with Crippen LogP contribution in [0.25, 0.3) is 0 Å². The van der Waals surface area contributed by atoms with Gasteiger partial charge in [0.1, 0.15) is 0 Å². The number of hydrogen-bond acceptors (Lipinski definition) is 2. The number of rotatable bonds is 2. The second-order valence-electron chi connectivity index (χ2n) is 4.48. The van der Waals surface area contributed by atoms with Gasteiger partial charge in [0.15, 0.2) is 0 Å². The highest BCUT2D eigenvalue weighted by Crippen LogP contribution is 2.23. The van der Waals surface area contributed by atoms with Crippen LogP contribution in [0.3, 0.4) is 0 Å². The van der Waals surface area contributed by atoms with Crippen molar-refractivity contribution < 1.29 is 4.79 Å². The summed E-state index contributed by atoms with van der Waals surface area (Å²) in [6.45, 7) is 3.90. The van der Waals surface area contributed by atoms with Gasteiger partial charge in [-0.25, -0.2) is 0 Å². The first-order valence-electron chi connectivity index (χ1n) is 5.91. The van der Waals surface area contributed by atoms with E-state index < -0.39 is 0 Å². The smallest absolute Gasteiger partial charge is 0.255 e. The molecule has 0 atom stereocenters. The highest BCUT2D eigenvalue weighted by molar-refractivity contribution is 9.10. The van der Waals surface area contributed by atoms with E-state index in [1.807, 2.05) is 32.0 Å². The third kappa shape index (κ3) is 3.15. The fraction of sp³-hybridized carbons (Fsp3) is 0.133. The molecule has 0 aliphatic rings. The first-order valence-corrected chi connectivity index (χ1v) is 6.70. The van der Waals surface area contributed by atoms with Gasteiger partial charge in [0.2, 0.25) is 0 Å². The fourth-order valence-electron chi connectivity index (χ4n) is 1.80. The van der Waals surface area contributed by atoms with Crippen molar-refractivity contribution in [2.45, 2.75) is 13.8 Å². The number of carbonyl (C=O) groups is 1. The number of nitrogens with two attached hydrogens (primary N) is 1. The number of amides is 1. The van der Waals surface area contributed by atoms with E-state index in [1.54, 1.807) is 18.2 Å². The van der Waals surface area contributed by atoms with E-state index in [1.165, 1.54) is 0 Å². The summed E-state index contributed by atoms with van der Waals surface area (Å²) in [6.07, 6.45) is 0. The minimum atomic E-state index is -0.140. The van der Waals surface area contributed by atoms with Crippen LogP contribution >= 0.6 is 15.9 Å². The summed E-state index contributed by atoms with van der Waals surface area (Å²) in [5.41, 5.74) is 9.91. The minimum absolute atomic E-state index is 0.140. The Morgan fingerprint density at radius 2 is 1.74 bits per heavy atom. The second-order valence-corrected chi connectivity index (χ2v) is 5.40. The van der Waals surface area contributed by atoms with Gasteiger partial charge in [0.25, 0.3) is 5.91 Å². The van der Waals surface area contributed by atoms with Crippen molar-refractivity contribution in [2.24, 2.45) is 0 Å². The molecule has 3 N–H and O–H groups in total. The maximum Gasteiger partial charge on any atom is 0.255 e. The third-order valence-corrected chi connectivity index (χ3v) is 3.50. The lowest BCUT2D eigenvalue weighted by Gasteiger charge is -2.11. The monoisotopic (exact) mass is 318 g/mol. The van der Waals surface area contributed by atoms with E-state index >= 15 is 0 Å². The number of aryl methyl sites for hydroxylation is 2. The number of nitrogens with one attached hydrogen (secondary N) is 1. The van der Waals surface area contributed by atoms with E-state index in [2.05, 4.69) is 21.2 Å². The molecule has 0 aromatic heterocycles. The molecule has 2 rings (SSSR count). The van der Waals surface area contributed by atoms with Crippen LogP contribution in [0.1, 0.15) is 21.5 Å². The van der Waals surface area contributed by atoms with Crippen molar-refractivity contribution in [3.63, 3.8) is 0 Å². The van der Waals surface area contributed by atoms with E-state index in [0.717, 1.165) is 21.3 Å². The van der Waals surface area contributed by atoms with Gasteiger partial charge in [-0.1, -0.05) is 22.0 Å². The molecule has 4 heteroatoms. The summed E-state index contributed by atoms with van der Waals surface area (Å²) in [4.78, 5) is 12.1. The van der Waals surface area contributed by atoms with Crippen LogP contribution in [0.15, 0.2) is 40.9 Å². The first-order chi connectivity index (χ1) is 8.97. The zero-order chi connectivity index (χ0) is 14.0. The van der Waals surface area contributed by atoms with Gasteiger partial charge < -0.3 is 11.1 Å². The lowest BCUT2D eigenvalue weighted by Crippen LogP contribution is -2.13. The quantitative estimate of drug-likeness (QED) is 0.825. The Bertz CT molecular complexity index is 621. The van der Waals surface area contributed by atoms with Gasteiger partial charge in [-0.3, -0.25) is 4.79 Å². The van der Waals surface area contributed by atoms with Crippen molar-refractivity contribution in [1.82, 2.24) is 0 Å². The van der Waals surface area contributed by atoms with Crippen LogP contribution in [0.5, 0.6) is 0 Å². The summed E-state index contributed by atoms with van der Waals surface area (Å²) < 4.78 is 0.944. The van der Waals surface area contributed by atoms with E-state index in [9.17, 15) is 4.79 Å². The van der Waals surface area contributed by atoms with Gasteiger partial charge in [0, 0.05) is 21.4 Å². The SMILES string of the molecule is Cc1cc(C)c(NC(=O)c2ccc(Br)cc2)cc1N. The van der Waals surface area contributed by atoms with E-state index in [4.69, 9.17) is 5.73 Å². The summed E-state index contributed by atoms with van der Waals surface area (Å²) in [5, 5.41) is 2.88. The molecule has 0 aliphatic heterocycles. The van der Waals surface area contributed by atoms with Crippen LogP contribution in [0.4, 0.5) is 11.4 Å². The Hall–Kier alpha value is -1.81. The zero-order valence-corrected chi connectivity index (χ0v) is 12.4. The van der Waals surface area contributed by atoms with Gasteiger partial charge in [0.05, 0.1) is 0 Å². The van der Waals surface area contributed by atoms with Crippen LogP contribution in [-0.4, -0.2) is 5.91 Å². The number of hydrogen-bond donors (Lipinski definition) is 2. The molecule has 3 nitrogen and oxygen atoms in total. The van der Waals surface area contributed by atoms with Crippen LogP contribution in [-0.2, 0) is 0 Å². The molecule has 0 spiro atoms. The van der Waals surface area contributed by atoms with Crippen LogP contribution < -0.4 is 11.1 Å². The predicted octanol–water partition coefficient (Wildman–Crippen LogP) is 3.90. The average Bonchev–Trinajstić information content (AvgIpc) is 2.36. The third-order valence-electron chi connectivity index (χ3n) is 2.97. The zero-order valence-electron chi connectivity index (χ0n) is 10.8. The molecule has 2 aromatic rings. The first kappa shape index (κ1) is 13.6. The lowest BCUT2D eigenvalue weighted by atomic mass is 10.1. The molecule has 2 aromatic carbocycles. The van der Waals surface area contributed by atoms with Gasteiger partial charge >= 0.3 is 0 Å². The summed E-state index contributed by atoms with van der Waals surface area (Å²) >= 11 is 3.34. The molecule has 19 heavy (non-hydrogen) atoms. The molecule has 0 bridgehead atoms. The van der Waals surface area contributed by atoms with Crippen molar-refractivity contribution in [3.05, 3.63) is 57.6 Å². The predicted molar refractivity (Wildman–Crippen MR) is 82.4 cm³/mol. The molecule has 1 amide bonds. The normalized spacial score (nSPS) is 10.3. The lowest BCUT2D eigenvalue weighted by molar-refractivity contribution is 0.102. The number of benzene rings is 2. The Morgan fingerprint density at radius 3 is 2.37 bits per heavy atom. The second kappa shape index (κ2) is 5.45. The fourth-order valence-corrected chi connectivity index (χ4v) is 2.06. The maximum absolute atomic E-state index is 12.1. The number of halogens is 1. The largest absolute Gasteiger partial charge is 0.398 e. The summed E-state index contributed by atoms with van der Waals surface area (Å²) in [5.74, 6) is -0.140. The molecule has 0 fully saturated rings. The summed E-state index contributed by atoms with van der Waals surface area (Å²) in [7, 11) is 0.